The van der Waals surface area contributed by atoms with E-state index >= 15 is 0 Å². The normalized spacial score (nSPS) is 21.4. The van der Waals surface area contributed by atoms with Gasteiger partial charge in [0.15, 0.2) is 0 Å². The first-order valence-electron chi connectivity index (χ1n) is 8.35. The van der Waals surface area contributed by atoms with Crippen molar-refractivity contribution in [3.63, 3.8) is 0 Å². The first-order valence-corrected chi connectivity index (χ1v) is 8.35. The smallest absolute Gasteiger partial charge is 0.267 e. The minimum Gasteiger partial charge on any atom is -0.356 e. The fraction of sp³-hybridized carbons (Fsp3) is 0.647. The number of hydrogen-bond acceptors (Lipinski definition) is 3. The van der Waals surface area contributed by atoms with E-state index in [4.69, 9.17) is 5.26 Å². The van der Waals surface area contributed by atoms with Gasteiger partial charge in [-0.1, -0.05) is 19.3 Å². The van der Waals surface area contributed by atoms with Crippen molar-refractivity contribution in [1.82, 2.24) is 15.2 Å². The van der Waals surface area contributed by atoms with Crippen molar-refractivity contribution in [3.8, 4) is 6.07 Å². The topological polar surface area (TPSA) is 71.9 Å². The molecule has 1 saturated carbocycles. The van der Waals surface area contributed by atoms with Crippen molar-refractivity contribution in [2.45, 2.75) is 50.5 Å². The van der Waals surface area contributed by atoms with Crippen LogP contribution in [-0.4, -0.2) is 41.0 Å². The van der Waals surface area contributed by atoms with Gasteiger partial charge in [-0.15, -0.1) is 0 Å². The van der Waals surface area contributed by atoms with Crippen molar-refractivity contribution in [3.05, 3.63) is 23.5 Å². The van der Waals surface area contributed by atoms with Crippen LogP contribution in [0.1, 0.15) is 61.0 Å². The van der Waals surface area contributed by atoms with Crippen LogP contribution in [0.4, 0.5) is 0 Å². The number of rotatable bonds is 4. The molecule has 1 amide bonds. The zero-order valence-corrected chi connectivity index (χ0v) is 13.0. The van der Waals surface area contributed by atoms with Crippen LogP contribution >= 0.6 is 0 Å². The lowest BCUT2D eigenvalue weighted by Gasteiger charge is -2.43. The Morgan fingerprint density at radius 1 is 1.27 bits per heavy atom. The second-order valence-electron chi connectivity index (χ2n) is 6.58. The Hall–Kier alpha value is -1.80. The highest BCUT2D eigenvalue weighted by Crippen LogP contribution is 2.36. The van der Waals surface area contributed by atoms with Gasteiger partial charge < -0.3 is 10.3 Å². The number of carbonyl (C=O) groups is 1. The molecule has 2 N–H and O–H groups in total. The maximum absolute atomic E-state index is 12.3. The van der Waals surface area contributed by atoms with Gasteiger partial charge in [0.1, 0.15) is 11.8 Å². The molecule has 22 heavy (non-hydrogen) atoms. The number of piperidine rings is 1. The van der Waals surface area contributed by atoms with Gasteiger partial charge in [0, 0.05) is 18.3 Å². The number of nitriles is 1. The molecular weight excluding hydrogens is 276 g/mol. The van der Waals surface area contributed by atoms with Crippen LogP contribution in [0.3, 0.4) is 0 Å². The van der Waals surface area contributed by atoms with Crippen molar-refractivity contribution < 1.29 is 4.79 Å². The van der Waals surface area contributed by atoms with Crippen molar-refractivity contribution in [2.75, 3.05) is 19.6 Å². The largest absolute Gasteiger partial charge is 0.356 e. The van der Waals surface area contributed by atoms with E-state index in [1.54, 1.807) is 12.3 Å². The van der Waals surface area contributed by atoms with Gasteiger partial charge in [0.2, 0.25) is 0 Å². The minimum absolute atomic E-state index is 0.107. The number of aromatic nitrogens is 1. The molecule has 2 aliphatic rings. The second-order valence-corrected chi connectivity index (χ2v) is 6.58. The summed E-state index contributed by atoms with van der Waals surface area (Å²) in [7, 11) is 0. The molecule has 1 aromatic rings. The summed E-state index contributed by atoms with van der Waals surface area (Å²) >= 11 is 0. The van der Waals surface area contributed by atoms with E-state index in [2.05, 4.69) is 15.2 Å². The molecule has 0 atom stereocenters. The van der Waals surface area contributed by atoms with Gasteiger partial charge in [-0.3, -0.25) is 9.69 Å². The third kappa shape index (κ3) is 3.02. The lowest BCUT2D eigenvalue weighted by molar-refractivity contribution is 0.0641. The predicted molar refractivity (Wildman–Crippen MR) is 84.5 cm³/mol. The van der Waals surface area contributed by atoms with Gasteiger partial charge in [-0.25, -0.2) is 0 Å². The monoisotopic (exact) mass is 300 g/mol. The van der Waals surface area contributed by atoms with Crippen molar-refractivity contribution >= 4 is 5.91 Å². The molecule has 1 aliphatic heterocycles. The van der Waals surface area contributed by atoms with Crippen LogP contribution < -0.4 is 5.32 Å². The maximum Gasteiger partial charge on any atom is 0.267 e. The number of carbonyl (C=O) groups excluding carboxylic acids is 1. The van der Waals surface area contributed by atoms with Gasteiger partial charge >= 0.3 is 0 Å². The van der Waals surface area contributed by atoms with Crippen LogP contribution in [0.2, 0.25) is 0 Å². The number of hydrogen-bond donors (Lipinski definition) is 2. The number of amides is 1. The number of likely N-dealkylation sites (tertiary alicyclic amines) is 1. The standard InChI is InChI=1S/C17H24N4O/c18-11-14-10-15(19-12-14)16(22)20-13-17(6-2-3-7-17)21-8-4-1-5-9-21/h10,12,19H,1-9,13H2,(H,20,22). The Labute approximate surface area is 131 Å². The molecule has 1 saturated heterocycles. The number of aromatic amines is 1. The molecule has 118 valence electrons. The molecule has 5 heteroatoms. The summed E-state index contributed by atoms with van der Waals surface area (Å²) in [6.07, 6.45) is 10.3. The van der Waals surface area contributed by atoms with Gasteiger partial charge in [-0.2, -0.15) is 5.26 Å². The molecular formula is C17H24N4O. The predicted octanol–water partition coefficient (Wildman–Crippen LogP) is 2.41. The molecule has 3 rings (SSSR count). The van der Waals surface area contributed by atoms with E-state index in [1.807, 2.05) is 6.07 Å². The van der Waals surface area contributed by atoms with E-state index in [0.717, 1.165) is 13.1 Å². The summed E-state index contributed by atoms with van der Waals surface area (Å²) in [5.41, 5.74) is 1.13. The van der Waals surface area contributed by atoms with Crippen LogP contribution in [0.15, 0.2) is 12.3 Å². The van der Waals surface area contributed by atoms with Crippen molar-refractivity contribution in [2.24, 2.45) is 0 Å². The van der Waals surface area contributed by atoms with Gasteiger partial charge in [0.05, 0.1) is 5.56 Å². The van der Waals surface area contributed by atoms with Crippen LogP contribution in [0.5, 0.6) is 0 Å². The lowest BCUT2D eigenvalue weighted by atomic mass is 9.92. The third-order valence-corrected chi connectivity index (χ3v) is 5.20. The molecule has 0 unspecified atom stereocenters. The fourth-order valence-corrected chi connectivity index (χ4v) is 3.94. The van der Waals surface area contributed by atoms with Crippen LogP contribution in [-0.2, 0) is 0 Å². The fourth-order valence-electron chi connectivity index (χ4n) is 3.94. The molecule has 5 nitrogen and oxygen atoms in total. The SMILES string of the molecule is N#Cc1c[nH]c(C(=O)NCC2(N3CCCCC3)CCCC2)c1. The molecule has 2 heterocycles. The molecule has 0 aromatic carbocycles. The summed E-state index contributed by atoms with van der Waals surface area (Å²) in [5, 5.41) is 11.9. The highest BCUT2D eigenvalue weighted by molar-refractivity contribution is 5.92. The zero-order chi connectivity index (χ0) is 15.4. The summed E-state index contributed by atoms with van der Waals surface area (Å²) in [6.45, 7) is 3.04. The average Bonchev–Trinajstić information content (AvgIpc) is 3.23. The Balaban J connectivity index is 1.64. The Kier molecular flexibility index (Phi) is 4.49. The lowest BCUT2D eigenvalue weighted by Crippen LogP contribution is -2.55. The first kappa shape index (κ1) is 15.1. The zero-order valence-electron chi connectivity index (χ0n) is 13.0. The molecule has 2 fully saturated rings. The molecule has 0 spiro atoms. The molecule has 0 radical (unpaired) electrons. The first-order chi connectivity index (χ1) is 10.7. The third-order valence-electron chi connectivity index (χ3n) is 5.20. The summed E-state index contributed by atoms with van der Waals surface area (Å²) in [4.78, 5) is 17.8. The molecule has 1 aliphatic carbocycles. The summed E-state index contributed by atoms with van der Waals surface area (Å²) in [6, 6.07) is 3.65. The van der Waals surface area contributed by atoms with Crippen LogP contribution in [0.25, 0.3) is 0 Å². The molecule has 1 aromatic heterocycles. The van der Waals surface area contributed by atoms with E-state index in [-0.39, 0.29) is 11.4 Å². The molecule has 0 bridgehead atoms. The summed E-state index contributed by atoms with van der Waals surface area (Å²) < 4.78 is 0. The number of nitrogens with zero attached hydrogens (tertiary/aromatic N) is 2. The average molecular weight is 300 g/mol. The number of H-pyrrole nitrogens is 1. The quantitative estimate of drug-likeness (QED) is 0.897. The van der Waals surface area contributed by atoms with E-state index in [9.17, 15) is 4.79 Å². The number of nitrogens with one attached hydrogen (secondary N) is 2. The van der Waals surface area contributed by atoms with Gasteiger partial charge in [-0.05, 0) is 44.8 Å². The highest BCUT2D eigenvalue weighted by Gasteiger charge is 2.40. The Bertz CT molecular complexity index is 559. The van der Waals surface area contributed by atoms with Crippen molar-refractivity contribution in [1.29, 1.82) is 5.26 Å². The maximum atomic E-state index is 12.3. The van der Waals surface area contributed by atoms with Crippen LogP contribution in [0, 0.1) is 11.3 Å². The van der Waals surface area contributed by atoms with E-state index in [1.165, 1.54) is 44.9 Å². The minimum atomic E-state index is -0.107. The van der Waals surface area contributed by atoms with Gasteiger partial charge in [0.25, 0.3) is 5.91 Å². The highest BCUT2D eigenvalue weighted by atomic mass is 16.1. The Morgan fingerprint density at radius 2 is 2.00 bits per heavy atom. The Morgan fingerprint density at radius 3 is 2.64 bits per heavy atom. The summed E-state index contributed by atoms with van der Waals surface area (Å²) in [5.74, 6) is -0.107. The second kappa shape index (κ2) is 6.53. The van der Waals surface area contributed by atoms with E-state index < -0.39 is 0 Å². The van der Waals surface area contributed by atoms with E-state index in [0.29, 0.717) is 17.8 Å².